The van der Waals surface area contributed by atoms with Crippen molar-refractivity contribution >= 4 is 27.5 Å². The SMILES string of the molecule is Cc1ccc(-c2noc(C(=O)N3CCCCCC3)n2)cc1S(=O)(=O)NCc1ccccc1Cl. The largest absolute Gasteiger partial charge is 0.334 e. The maximum absolute atomic E-state index is 13.0. The molecule has 1 fully saturated rings. The Bertz CT molecular complexity index is 1250. The van der Waals surface area contributed by atoms with Gasteiger partial charge in [-0.1, -0.05) is 59.9 Å². The van der Waals surface area contributed by atoms with Crippen LogP contribution in [0.15, 0.2) is 51.9 Å². The van der Waals surface area contributed by atoms with Gasteiger partial charge in [-0.25, -0.2) is 13.1 Å². The molecule has 33 heavy (non-hydrogen) atoms. The quantitative estimate of drug-likeness (QED) is 0.557. The van der Waals surface area contributed by atoms with Gasteiger partial charge >= 0.3 is 11.8 Å². The highest BCUT2D eigenvalue weighted by Crippen LogP contribution is 2.24. The van der Waals surface area contributed by atoms with E-state index in [4.69, 9.17) is 16.1 Å². The molecule has 174 valence electrons. The molecule has 0 radical (unpaired) electrons. The second kappa shape index (κ2) is 10.0. The van der Waals surface area contributed by atoms with Crippen LogP contribution in [-0.2, 0) is 16.6 Å². The number of benzene rings is 2. The second-order valence-electron chi connectivity index (χ2n) is 8.03. The summed E-state index contributed by atoms with van der Waals surface area (Å²) in [5.74, 6) is -0.221. The van der Waals surface area contributed by atoms with Crippen LogP contribution in [0.1, 0.15) is 47.5 Å². The Morgan fingerprint density at radius 2 is 1.85 bits per heavy atom. The third kappa shape index (κ3) is 5.43. The highest BCUT2D eigenvalue weighted by atomic mass is 35.5. The number of amides is 1. The third-order valence-electron chi connectivity index (χ3n) is 5.65. The predicted molar refractivity (Wildman–Crippen MR) is 124 cm³/mol. The highest BCUT2D eigenvalue weighted by Gasteiger charge is 2.24. The Kier molecular flexibility index (Phi) is 7.11. The first-order chi connectivity index (χ1) is 15.8. The van der Waals surface area contributed by atoms with Gasteiger partial charge in [0.1, 0.15) is 0 Å². The van der Waals surface area contributed by atoms with Gasteiger partial charge in [-0.3, -0.25) is 4.79 Å². The zero-order valence-corrected chi connectivity index (χ0v) is 19.8. The molecule has 1 saturated heterocycles. The van der Waals surface area contributed by atoms with Crippen LogP contribution in [0.4, 0.5) is 0 Å². The van der Waals surface area contributed by atoms with Crippen molar-refractivity contribution in [1.29, 1.82) is 0 Å². The lowest BCUT2D eigenvalue weighted by molar-refractivity contribution is 0.0711. The maximum Gasteiger partial charge on any atom is 0.316 e. The molecule has 0 spiro atoms. The fourth-order valence-corrected chi connectivity index (χ4v) is 5.24. The lowest BCUT2D eigenvalue weighted by atomic mass is 10.1. The zero-order valence-electron chi connectivity index (χ0n) is 18.3. The molecule has 1 aromatic heterocycles. The first kappa shape index (κ1) is 23.4. The minimum Gasteiger partial charge on any atom is -0.334 e. The lowest BCUT2D eigenvalue weighted by Crippen LogP contribution is -2.32. The second-order valence-corrected chi connectivity index (χ2v) is 10.2. The van der Waals surface area contributed by atoms with E-state index >= 15 is 0 Å². The van der Waals surface area contributed by atoms with Gasteiger partial charge in [0.2, 0.25) is 15.8 Å². The summed E-state index contributed by atoms with van der Waals surface area (Å²) in [6.45, 7) is 3.10. The van der Waals surface area contributed by atoms with E-state index in [0.29, 0.717) is 34.8 Å². The molecule has 4 rings (SSSR count). The molecule has 2 aromatic carbocycles. The minimum absolute atomic E-state index is 0.0579. The number of carbonyl (C=O) groups excluding carboxylic acids is 1. The molecule has 0 aliphatic carbocycles. The van der Waals surface area contributed by atoms with E-state index in [-0.39, 0.29) is 29.1 Å². The van der Waals surface area contributed by atoms with Crippen molar-refractivity contribution in [3.05, 3.63) is 64.5 Å². The van der Waals surface area contributed by atoms with Gasteiger partial charge in [0.15, 0.2) is 0 Å². The van der Waals surface area contributed by atoms with Gasteiger partial charge in [0, 0.05) is 30.2 Å². The monoisotopic (exact) mass is 488 g/mol. The first-order valence-corrected chi connectivity index (χ1v) is 12.7. The van der Waals surface area contributed by atoms with Gasteiger partial charge < -0.3 is 9.42 Å². The number of hydrogen-bond acceptors (Lipinski definition) is 6. The Labute approximate surface area is 198 Å². The van der Waals surface area contributed by atoms with Gasteiger partial charge in [0.05, 0.1) is 4.90 Å². The highest BCUT2D eigenvalue weighted by molar-refractivity contribution is 7.89. The minimum atomic E-state index is -3.84. The predicted octanol–water partition coefficient (Wildman–Crippen LogP) is 4.19. The number of nitrogens with zero attached hydrogens (tertiary/aromatic N) is 3. The van der Waals surface area contributed by atoms with Crippen LogP contribution in [0, 0.1) is 6.92 Å². The first-order valence-electron chi connectivity index (χ1n) is 10.8. The van der Waals surface area contributed by atoms with Crippen molar-refractivity contribution in [2.45, 2.75) is 44.0 Å². The molecule has 1 aliphatic heterocycles. The molecule has 1 aliphatic rings. The molecule has 0 saturated carbocycles. The lowest BCUT2D eigenvalue weighted by Gasteiger charge is -2.17. The summed E-state index contributed by atoms with van der Waals surface area (Å²) in [6.07, 6.45) is 4.11. The molecule has 1 amide bonds. The Hall–Kier alpha value is -2.75. The number of nitrogens with one attached hydrogen (secondary N) is 1. The van der Waals surface area contributed by atoms with E-state index in [0.717, 1.165) is 25.7 Å². The fourth-order valence-electron chi connectivity index (χ4n) is 3.76. The van der Waals surface area contributed by atoms with Gasteiger partial charge in [0.25, 0.3) is 0 Å². The van der Waals surface area contributed by atoms with Crippen molar-refractivity contribution in [3.8, 4) is 11.4 Å². The maximum atomic E-state index is 13.0. The molecule has 0 bridgehead atoms. The number of likely N-dealkylation sites (tertiary alicyclic amines) is 1. The van der Waals surface area contributed by atoms with Crippen LogP contribution in [0.3, 0.4) is 0 Å². The van der Waals surface area contributed by atoms with Crippen LogP contribution in [0.2, 0.25) is 5.02 Å². The average Bonchev–Trinajstić information content (AvgIpc) is 3.13. The smallest absolute Gasteiger partial charge is 0.316 e. The Balaban J connectivity index is 1.55. The van der Waals surface area contributed by atoms with E-state index in [9.17, 15) is 13.2 Å². The number of sulfonamides is 1. The van der Waals surface area contributed by atoms with Crippen LogP contribution < -0.4 is 4.72 Å². The summed E-state index contributed by atoms with van der Waals surface area (Å²) in [7, 11) is -3.84. The topological polar surface area (TPSA) is 105 Å². The molecule has 3 aromatic rings. The van der Waals surface area contributed by atoms with E-state index in [1.54, 1.807) is 48.2 Å². The number of carbonyl (C=O) groups is 1. The van der Waals surface area contributed by atoms with Crippen LogP contribution >= 0.6 is 11.6 Å². The van der Waals surface area contributed by atoms with E-state index in [1.807, 2.05) is 0 Å². The van der Waals surface area contributed by atoms with Crippen molar-refractivity contribution in [2.75, 3.05) is 13.1 Å². The van der Waals surface area contributed by atoms with Crippen LogP contribution in [-0.4, -0.2) is 42.5 Å². The summed E-state index contributed by atoms with van der Waals surface area (Å²) in [4.78, 5) is 18.8. The number of halogens is 1. The zero-order chi connectivity index (χ0) is 23.4. The molecular formula is C23H25ClN4O4S. The normalized spacial score (nSPS) is 14.8. The van der Waals surface area contributed by atoms with Crippen LogP contribution in [0.5, 0.6) is 0 Å². The van der Waals surface area contributed by atoms with Crippen molar-refractivity contribution in [3.63, 3.8) is 0 Å². The van der Waals surface area contributed by atoms with Crippen molar-refractivity contribution < 1.29 is 17.7 Å². The van der Waals surface area contributed by atoms with Crippen LogP contribution in [0.25, 0.3) is 11.4 Å². The fraction of sp³-hybridized carbons (Fsp3) is 0.348. The summed E-state index contributed by atoms with van der Waals surface area (Å²) in [5.41, 5.74) is 1.68. The molecule has 10 heteroatoms. The molecule has 0 atom stereocenters. The van der Waals surface area contributed by atoms with Gasteiger partial charge in [-0.05, 0) is 43.0 Å². The van der Waals surface area contributed by atoms with Gasteiger partial charge in [-0.2, -0.15) is 4.98 Å². The number of hydrogen-bond donors (Lipinski definition) is 1. The number of aromatic nitrogens is 2. The molecule has 2 heterocycles. The molecular weight excluding hydrogens is 464 g/mol. The molecule has 8 nitrogen and oxygen atoms in total. The third-order valence-corrected chi connectivity index (χ3v) is 7.56. The summed E-state index contributed by atoms with van der Waals surface area (Å²) in [5, 5.41) is 4.40. The Morgan fingerprint density at radius 3 is 2.58 bits per heavy atom. The number of rotatable bonds is 6. The van der Waals surface area contributed by atoms with E-state index in [2.05, 4.69) is 14.9 Å². The summed E-state index contributed by atoms with van der Waals surface area (Å²) < 4.78 is 33.8. The number of aryl methyl sites for hydroxylation is 1. The van der Waals surface area contributed by atoms with E-state index < -0.39 is 10.0 Å². The molecule has 1 N–H and O–H groups in total. The van der Waals surface area contributed by atoms with Gasteiger partial charge in [-0.15, -0.1) is 0 Å². The van der Waals surface area contributed by atoms with Crippen molar-refractivity contribution in [2.24, 2.45) is 0 Å². The van der Waals surface area contributed by atoms with E-state index in [1.165, 1.54) is 6.07 Å². The summed E-state index contributed by atoms with van der Waals surface area (Å²) >= 11 is 6.14. The standard InChI is InChI=1S/C23H25ClN4O4S/c1-16-10-11-17(14-20(16)33(30,31)25-15-18-8-4-5-9-19(18)24)21-26-22(32-27-21)23(29)28-12-6-2-3-7-13-28/h4-5,8-11,14,25H,2-3,6-7,12-13,15H2,1H3. The van der Waals surface area contributed by atoms with Crippen molar-refractivity contribution in [1.82, 2.24) is 19.8 Å². The molecule has 0 unspecified atom stereocenters. The Morgan fingerprint density at radius 1 is 1.12 bits per heavy atom. The summed E-state index contributed by atoms with van der Waals surface area (Å²) in [6, 6.07) is 11.9. The average molecular weight is 489 g/mol.